The lowest BCUT2D eigenvalue weighted by Gasteiger charge is -2.18. The Morgan fingerprint density at radius 3 is 2.40 bits per heavy atom. The third-order valence-corrected chi connectivity index (χ3v) is 6.91. The van der Waals surface area contributed by atoms with Crippen molar-refractivity contribution in [2.45, 2.75) is 83.5 Å². The summed E-state index contributed by atoms with van der Waals surface area (Å²) in [5.74, 6) is 0.952. The topological polar surface area (TPSA) is 31.0 Å². The highest BCUT2D eigenvalue weighted by atomic mass is 28.3. The number of epoxide rings is 1. The SMILES string of the molecule is CCO[SiH](CCCCCCC1CCC2OC2C1)OCC. The highest BCUT2D eigenvalue weighted by Gasteiger charge is 2.43. The van der Waals surface area contributed by atoms with Crippen LogP contribution in [-0.2, 0) is 13.6 Å². The van der Waals surface area contributed by atoms with Crippen molar-refractivity contribution in [3.05, 3.63) is 0 Å². The molecule has 4 heteroatoms. The molecule has 3 atom stereocenters. The number of ether oxygens (including phenoxy) is 1. The molecule has 0 bridgehead atoms. The second kappa shape index (κ2) is 9.18. The lowest BCUT2D eigenvalue weighted by molar-refractivity contribution is 0.212. The monoisotopic (exact) mass is 300 g/mol. The van der Waals surface area contributed by atoms with Crippen LogP contribution >= 0.6 is 0 Å². The van der Waals surface area contributed by atoms with Gasteiger partial charge in [0.25, 0.3) is 0 Å². The van der Waals surface area contributed by atoms with E-state index >= 15 is 0 Å². The maximum atomic E-state index is 5.70. The normalized spacial score (nSPS) is 28.6. The summed E-state index contributed by atoms with van der Waals surface area (Å²) in [7, 11) is -1.33. The van der Waals surface area contributed by atoms with E-state index in [4.69, 9.17) is 13.6 Å². The van der Waals surface area contributed by atoms with Crippen LogP contribution < -0.4 is 0 Å². The van der Waals surface area contributed by atoms with E-state index in [9.17, 15) is 0 Å². The molecule has 0 amide bonds. The molecule has 20 heavy (non-hydrogen) atoms. The Bertz CT molecular complexity index is 250. The number of fused-ring (bicyclic) bond motifs is 1. The van der Waals surface area contributed by atoms with E-state index in [2.05, 4.69) is 13.8 Å². The van der Waals surface area contributed by atoms with Crippen LogP contribution in [0.3, 0.4) is 0 Å². The Balaban J connectivity index is 1.42. The number of hydrogen-bond donors (Lipinski definition) is 0. The van der Waals surface area contributed by atoms with Crippen LogP contribution in [0.5, 0.6) is 0 Å². The molecule has 2 rings (SSSR count). The summed E-state index contributed by atoms with van der Waals surface area (Å²) in [6, 6.07) is 1.18. The van der Waals surface area contributed by atoms with Gasteiger partial charge in [-0.15, -0.1) is 0 Å². The van der Waals surface area contributed by atoms with E-state index in [0.29, 0.717) is 12.2 Å². The number of rotatable bonds is 11. The predicted molar refractivity (Wildman–Crippen MR) is 84.3 cm³/mol. The zero-order valence-corrected chi connectivity index (χ0v) is 14.5. The molecular formula is C16H32O3Si. The molecule has 1 saturated carbocycles. The van der Waals surface area contributed by atoms with E-state index in [1.165, 1.54) is 57.4 Å². The molecule has 0 aromatic heterocycles. The van der Waals surface area contributed by atoms with Crippen molar-refractivity contribution >= 4 is 9.28 Å². The maximum absolute atomic E-state index is 5.70. The third kappa shape index (κ3) is 5.84. The van der Waals surface area contributed by atoms with Crippen LogP contribution in [0.2, 0.25) is 6.04 Å². The lowest BCUT2D eigenvalue weighted by Crippen LogP contribution is -2.22. The second-order valence-electron chi connectivity index (χ2n) is 6.22. The predicted octanol–water partition coefficient (Wildman–Crippen LogP) is 3.80. The molecule has 1 aliphatic carbocycles. The minimum absolute atomic E-state index is 0.651. The first-order chi connectivity index (χ1) is 9.83. The van der Waals surface area contributed by atoms with Gasteiger partial charge in [0.15, 0.2) is 0 Å². The van der Waals surface area contributed by atoms with Gasteiger partial charge in [-0.2, -0.15) is 0 Å². The van der Waals surface area contributed by atoms with E-state index in [-0.39, 0.29) is 0 Å². The summed E-state index contributed by atoms with van der Waals surface area (Å²) >= 11 is 0. The second-order valence-corrected chi connectivity index (χ2v) is 8.33. The van der Waals surface area contributed by atoms with Gasteiger partial charge in [-0.25, -0.2) is 0 Å². The van der Waals surface area contributed by atoms with Gasteiger partial charge in [0, 0.05) is 13.2 Å². The minimum Gasteiger partial charge on any atom is -0.397 e. The van der Waals surface area contributed by atoms with E-state index in [1.54, 1.807) is 0 Å². The van der Waals surface area contributed by atoms with Crippen molar-refractivity contribution in [1.29, 1.82) is 0 Å². The van der Waals surface area contributed by atoms with Gasteiger partial charge in [0.2, 0.25) is 0 Å². The van der Waals surface area contributed by atoms with Crippen molar-refractivity contribution in [3.8, 4) is 0 Å². The molecule has 2 aliphatic rings. The largest absolute Gasteiger partial charge is 0.397 e. The number of unbranched alkanes of at least 4 members (excludes halogenated alkanes) is 3. The molecule has 0 aromatic rings. The first-order valence-electron chi connectivity index (χ1n) is 8.72. The highest BCUT2D eigenvalue weighted by molar-refractivity contribution is 6.44. The molecule has 1 saturated heterocycles. The van der Waals surface area contributed by atoms with Gasteiger partial charge in [0.05, 0.1) is 12.2 Å². The highest BCUT2D eigenvalue weighted by Crippen LogP contribution is 2.41. The van der Waals surface area contributed by atoms with Crippen molar-refractivity contribution in [1.82, 2.24) is 0 Å². The first-order valence-corrected chi connectivity index (χ1v) is 10.5. The number of hydrogen-bond acceptors (Lipinski definition) is 3. The zero-order valence-electron chi connectivity index (χ0n) is 13.3. The molecule has 3 unspecified atom stereocenters. The fourth-order valence-electron chi connectivity index (χ4n) is 3.43. The van der Waals surface area contributed by atoms with Crippen molar-refractivity contribution in [3.63, 3.8) is 0 Å². The van der Waals surface area contributed by atoms with Gasteiger partial charge in [-0.3, -0.25) is 0 Å². The van der Waals surface area contributed by atoms with Crippen LogP contribution in [-0.4, -0.2) is 34.7 Å². The van der Waals surface area contributed by atoms with Crippen molar-refractivity contribution in [2.24, 2.45) is 5.92 Å². The van der Waals surface area contributed by atoms with E-state index in [1.807, 2.05) is 0 Å². The van der Waals surface area contributed by atoms with Crippen molar-refractivity contribution in [2.75, 3.05) is 13.2 Å². The average molecular weight is 301 g/mol. The summed E-state index contributed by atoms with van der Waals surface area (Å²) < 4.78 is 17.0. The summed E-state index contributed by atoms with van der Waals surface area (Å²) in [5, 5.41) is 0. The standard InChI is InChI=1S/C16H32O3Si/c1-3-17-20(18-4-2)12-8-6-5-7-9-14-10-11-15-16(13-14)19-15/h14-16,20H,3-13H2,1-2H3. The fraction of sp³-hybridized carbons (Fsp3) is 1.00. The summed E-state index contributed by atoms with van der Waals surface area (Å²) in [5.41, 5.74) is 0. The van der Waals surface area contributed by atoms with Crippen LogP contribution in [0.25, 0.3) is 0 Å². The van der Waals surface area contributed by atoms with Crippen LogP contribution in [0.1, 0.15) is 65.2 Å². The van der Waals surface area contributed by atoms with Gasteiger partial charge in [-0.05, 0) is 45.1 Å². The van der Waals surface area contributed by atoms with Crippen LogP contribution in [0.4, 0.5) is 0 Å². The van der Waals surface area contributed by atoms with Crippen LogP contribution in [0, 0.1) is 5.92 Å². The molecule has 0 N–H and O–H groups in total. The first kappa shape index (κ1) is 16.5. The van der Waals surface area contributed by atoms with Gasteiger partial charge >= 0.3 is 9.28 Å². The Morgan fingerprint density at radius 2 is 1.70 bits per heavy atom. The van der Waals surface area contributed by atoms with Gasteiger partial charge in [0.1, 0.15) is 0 Å². The Hall–Kier alpha value is 0.0969. The maximum Gasteiger partial charge on any atom is 0.321 e. The Morgan fingerprint density at radius 1 is 0.950 bits per heavy atom. The minimum atomic E-state index is -1.33. The molecule has 0 spiro atoms. The van der Waals surface area contributed by atoms with E-state index < -0.39 is 9.28 Å². The smallest absolute Gasteiger partial charge is 0.321 e. The molecule has 2 fully saturated rings. The molecular weight excluding hydrogens is 268 g/mol. The molecule has 1 heterocycles. The molecule has 3 nitrogen and oxygen atoms in total. The molecule has 1 aliphatic heterocycles. The van der Waals surface area contributed by atoms with Gasteiger partial charge in [-0.1, -0.05) is 32.1 Å². The molecule has 0 aromatic carbocycles. The summed E-state index contributed by atoms with van der Waals surface area (Å²) in [6.45, 7) is 5.75. The summed E-state index contributed by atoms with van der Waals surface area (Å²) in [4.78, 5) is 0. The zero-order chi connectivity index (χ0) is 14.2. The average Bonchev–Trinajstić information content (AvgIpc) is 3.21. The van der Waals surface area contributed by atoms with E-state index in [0.717, 1.165) is 19.1 Å². The Labute approximate surface area is 126 Å². The van der Waals surface area contributed by atoms with Crippen LogP contribution in [0.15, 0.2) is 0 Å². The fourth-order valence-corrected chi connectivity index (χ4v) is 5.23. The molecule has 0 radical (unpaired) electrons. The third-order valence-electron chi connectivity index (χ3n) is 4.62. The Kier molecular flexibility index (Phi) is 7.56. The lowest BCUT2D eigenvalue weighted by atomic mass is 9.85. The quantitative estimate of drug-likeness (QED) is 0.330. The van der Waals surface area contributed by atoms with Crippen molar-refractivity contribution < 1.29 is 13.6 Å². The van der Waals surface area contributed by atoms with Gasteiger partial charge < -0.3 is 13.6 Å². The molecule has 118 valence electrons. The summed E-state index contributed by atoms with van der Waals surface area (Å²) in [6.07, 6.45) is 12.2.